The number of piperidine rings is 2. The Morgan fingerprint density at radius 2 is 1.31 bits per heavy atom. The summed E-state index contributed by atoms with van der Waals surface area (Å²) in [5.41, 5.74) is 3.05. The van der Waals surface area contributed by atoms with Crippen molar-refractivity contribution in [2.75, 3.05) is 85.1 Å². The number of rotatable bonds is 18. The summed E-state index contributed by atoms with van der Waals surface area (Å²) < 4.78 is 42.0. The molecule has 2 atom stereocenters. The Labute approximate surface area is 410 Å². The first-order valence-corrected chi connectivity index (χ1v) is 23.3. The smallest absolute Gasteiger partial charge is 0.480 e. The van der Waals surface area contributed by atoms with Gasteiger partial charge >= 0.3 is 61.6 Å². The molecule has 0 spiro atoms. The van der Waals surface area contributed by atoms with Gasteiger partial charge in [0.15, 0.2) is 0 Å². The molecular formula is C43H63CaFN8O11S+2. The minimum Gasteiger partial charge on any atom is -0.480 e. The third-order valence-electron chi connectivity index (χ3n) is 13.0. The summed E-state index contributed by atoms with van der Waals surface area (Å²) in [6.07, 6.45) is 6.45. The molecule has 0 unspecified atom stereocenters. The average molecular weight is 959 g/mol. The normalized spacial score (nSPS) is 20.4. The predicted molar refractivity (Wildman–Crippen MR) is 237 cm³/mol. The van der Waals surface area contributed by atoms with Gasteiger partial charge in [0.25, 0.3) is 5.91 Å². The molecule has 19 nitrogen and oxygen atoms in total. The first kappa shape index (κ1) is 54.2. The minimum atomic E-state index is -3.18. The second kappa shape index (κ2) is 24.0. The van der Waals surface area contributed by atoms with Gasteiger partial charge in [0, 0.05) is 76.5 Å². The van der Waals surface area contributed by atoms with Gasteiger partial charge in [0.05, 0.1) is 48.4 Å². The molecule has 1 amide bonds. The number of sulfonamides is 1. The molecule has 6 rings (SSSR count). The number of carbonyl (C=O) groups excluding carboxylic acids is 1. The Morgan fingerprint density at radius 1 is 0.800 bits per heavy atom. The number of benzene rings is 1. The summed E-state index contributed by atoms with van der Waals surface area (Å²) >= 11 is 0. The number of hydrogen-bond donors (Lipinski definition) is 4. The molecule has 354 valence electrons. The van der Waals surface area contributed by atoms with Crippen LogP contribution in [-0.4, -0.2) is 237 Å². The van der Waals surface area contributed by atoms with Crippen molar-refractivity contribution >= 4 is 77.5 Å². The third kappa shape index (κ3) is 15.0. The monoisotopic (exact) mass is 958 g/mol. The summed E-state index contributed by atoms with van der Waals surface area (Å²) in [7, 11) is -3.18. The Morgan fingerprint density at radius 3 is 1.75 bits per heavy atom. The molecule has 4 aliphatic rings. The van der Waals surface area contributed by atoms with Crippen molar-refractivity contribution in [3.05, 3.63) is 58.9 Å². The van der Waals surface area contributed by atoms with Gasteiger partial charge in [-0.3, -0.25) is 43.6 Å². The largest absolute Gasteiger partial charge is 2.00 e. The topological polar surface area (TPSA) is 246 Å². The van der Waals surface area contributed by atoms with Gasteiger partial charge in [0.2, 0.25) is 10.0 Å². The number of nitrogens with zero attached hydrogens (tertiary/aromatic N) is 8. The van der Waals surface area contributed by atoms with Crippen molar-refractivity contribution in [1.29, 1.82) is 0 Å². The number of aliphatic carboxylic acids is 4. The van der Waals surface area contributed by atoms with E-state index in [1.54, 1.807) is 16.4 Å². The molecule has 2 aromatic rings. The van der Waals surface area contributed by atoms with Crippen molar-refractivity contribution in [2.45, 2.75) is 89.1 Å². The molecule has 1 saturated carbocycles. The number of hydrogen-bond acceptors (Lipinski definition) is 13. The number of carboxylic acids is 4. The van der Waals surface area contributed by atoms with Crippen molar-refractivity contribution in [2.24, 2.45) is 5.92 Å². The van der Waals surface area contributed by atoms with E-state index < -0.39 is 60.1 Å². The summed E-state index contributed by atoms with van der Waals surface area (Å²) in [5, 5.41) is 34.3. The number of piperazine rings is 1. The van der Waals surface area contributed by atoms with Crippen LogP contribution in [0.4, 0.5) is 4.39 Å². The van der Waals surface area contributed by atoms with E-state index in [9.17, 15) is 36.8 Å². The van der Waals surface area contributed by atoms with E-state index in [4.69, 9.17) is 20.4 Å². The molecule has 4 heterocycles. The number of aromatic nitrogens is 2. The minimum absolute atomic E-state index is 0. The maximum Gasteiger partial charge on any atom is 2.00 e. The number of likely N-dealkylation sites (tertiary alicyclic amines) is 1. The fourth-order valence-electron chi connectivity index (χ4n) is 9.37. The van der Waals surface area contributed by atoms with E-state index in [1.165, 1.54) is 12.4 Å². The number of amides is 1. The first-order chi connectivity index (χ1) is 30.2. The maximum atomic E-state index is 14.5. The van der Waals surface area contributed by atoms with Crippen molar-refractivity contribution in [1.82, 2.24) is 38.8 Å². The van der Waals surface area contributed by atoms with Crippen LogP contribution in [0.5, 0.6) is 0 Å². The fraction of sp³-hybridized carbons (Fsp3) is 0.651. The zero-order valence-electron chi connectivity index (χ0n) is 37.8. The van der Waals surface area contributed by atoms with Gasteiger partial charge in [0.1, 0.15) is 12.1 Å². The van der Waals surface area contributed by atoms with Crippen molar-refractivity contribution in [3.8, 4) is 0 Å². The van der Waals surface area contributed by atoms with E-state index in [0.717, 1.165) is 84.9 Å². The summed E-state index contributed by atoms with van der Waals surface area (Å²) in [4.78, 5) is 73.3. The van der Waals surface area contributed by atoms with E-state index in [1.807, 2.05) is 24.8 Å². The van der Waals surface area contributed by atoms with E-state index in [0.29, 0.717) is 31.7 Å². The van der Waals surface area contributed by atoms with E-state index in [2.05, 4.69) is 33.6 Å². The van der Waals surface area contributed by atoms with Crippen LogP contribution < -0.4 is 0 Å². The van der Waals surface area contributed by atoms with Crippen LogP contribution in [-0.2, 0) is 29.2 Å². The Kier molecular flexibility index (Phi) is 20.1. The van der Waals surface area contributed by atoms with Crippen LogP contribution >= 0.6 is 0 Å². The second-order valence-electron chi connectivity index (χ2n) is 17.7. The Bertz CT molecular complexity index is 2010. The van der Waals surface area contributed by atoms with Crippen LogP contribution in [0.25, 0.3) is 0 Å². The molecule has 22 heteroatoms. The van der Waals surface area contributed by atoms with Crippen LogP contribution in [0.15, 0.2) is 30.6 Å². The molecule has 1 aromatic carbocycles. The number of carboxylic acid groups (broad SMARTS) is 4. The van der Waals surface area contributed by atoms with Gasteiger partial charge < -0.3 is 25.3 Å². The number of carbonyl (C=O) groups is 5. The molecule has 65 heavy (non-hydrogen) atoms. The molecule has 3 saturated heterocycles. The first-order valence-electron chi connectivity index (χ1n) is 21.8. The predicted octanol–water partition coefficient (Wildman–Crippen LogP) is 1.73. The van der Waals surface area contributed by atoms with Gasteiger partial charge in [-0.15, -0.1) is 0 Å². The van der Waals surface area contributed by atoms with E-state index >= 15 is 0 Å². The molecule has 1 aliphatic carbocycles. The summed E-state index contributed by atoms with van der Waals surface area (Å²) in [6.45, 7) is 11.2. The third-order valence-corrected chi connectivity index (χ3v) is 15.4. The molecule has 1 aromatic heterocycles. The summed E-state index contributed by atoms with van der Waals surface area (Å²) in [6, 6.07) is 7.29. The molecular weight excluding hydrogens is 896 g/mol. The van der Waals surface area contributed by atoms with Crippen LogP contribution in [0, 0.1) is 25.6 Å². The second-order valence-corrected chi connectivity index (χ2v) is 19.9. The standard InChI is InChI=1S/C33H47FN6O3S.C10H16N2O8.Ca/c1-23-21-38(33(4)12-16-37(17-13-33)32(41)30-24(2)35-22-36-25(30)3)18-19-40(23)31(27-6-5-7-28(34)20-27)26-10-14-39(15-11-26)44(42,43)29-8-9-29;13-7(14)3-11(4-8(15)16)1-2-12(5-9(17)18)6-10(19)20;/h5-7,20,22-23,26,29,31H,8-19,21H2,1-4H3;1-6H2,(H,13,14)(H,15,16)(H,17,18)(H,19,20);/q;;+2/t23-,31+;;/m1../s1. The Balaban J connectivity index is 0.000000375. The number of halogens is 1. The van der Waals surface area contributed by atoms with Gasteiger partial charge in [-0.25, -0.2) is 27.1 Å². The van der Waals surface area contributed by atoms with Crippen LogP contribution in [0.1, 0.15) is 85.7 Å². The molecule has 0 radical (unpaired) electrons. The molecule has 0 bridgehead atoms. The fourth-order valence-corrected chi connectivity index (χ4v) is 11.2. The Hall–Kier alpha value is -3.41. The quantitative estimate of drug-likeness (QED) is 0.156. The van der Waals surface area contributed by atoms with Gasteiger partial charge in [-0.2, -0.15) is 0 Å². The molecule has 3 aliphatic heterocycles. The average Bonchev–Trinajstić information content (AvgIpc) is 4.08. The zero-order chi connectivity index (χ0) is 46.9. The van der Waals surface area contributed by atoms with Gasteiger partial charge in [-0.05, 0) is 89.8 Å². The van der Waals surface area contributed by atoms with Crippen molar-refractivity contribution in [3.63, 3.8) is 0 Å². The summed E-state index contributed by atoms with van der Waals surface area (Å²) in [5.74, 6) is -4.86. The molecule has 4 fully saturated rings. The van der Waals surface area contributed by atoms with Crippen LogP contribution in [0.2, 0.25) is 0 Å². The van der Waals surface area contributed by atoms with Gasteiger partial charge in [-0.1, -0.05) is 12.1 Å². The number of aryl methyl sites for hydroxylation is 2. The van der Waals surface area contributed by atoms with E-state index in [-0.39, 0.29) is 91.3 Å². The van der Waals surface area contributed by atoms with Crippen LogP contribution in [0.3, 0.4) is 0 Å². The maximum absolute atomic E-state index is 14.5. The van der Waals surface area contributed by atoms with Crippen molar-refractivity contribution < 1.29 is 57.2 Å². The zero-order valence-corrected chi connectivity index (χ0v) is 40.9. The molecule has 4 N–H and O–H groups in total. The SMILES string of the molecule is Cc1ncnc(C)c1C(=O)N1CCC(C)(N2CCN([C@H](c3cccc(F)c3)C3CCN(S(=O)(=O)C4CC4)CC3)[C@H](C)C2)CC1.O=C(O)CN(CCN(CC(=O)O)CC(=O)O)CC(=O)O.[Ca+2].